The van der Waals surface area contributed by atoms with Gasteiger partial charge >= 0.3 is 0 Å². The first-order chi connectivity index (χ1) is 16.1. The molecular formula is C31H30N3+. The molecule has 0 saturated heterocycles. The van der Waals surface area contributed by atoms with Crippen LogP contribution in [0.15, 0.2) is 42.6 Å². The van der Waals surface area contributed by atoms with Gasteiger partial charge in [-0.3, -0.25) is 0 Å². The Morgan fingerprint density at radius 1 is 0.882 bits per heavy atom. The van der Waals surface area contributed by atoms with Crippen molar-refractivity contribution in [3.8, 4) is 6.07 Å². The minimum atomic E-state index is -0.439. The number of aryl methyl sites for hydroxylation is 5. The Labute approximate surface area is 200 Å². The van der Waals surface area contributed by atoms with Crippen LogP contribution in [-0.4, -0.2) is 4.40 Å². The summed E-state index contributed by atoms with van der Waals surface area (Å²) in [5.74, 6) is 0. The van der Waals surface area contributed by atoms with E-state index in [1.807, 2.05) is 13.8 Å². The Bertz CT molecular complexity index is 1860. The first kappa shape index (κ1) is 20.9. The highest BCUT2D eigenvalue weighted by Gasteiger charge is 2.29. The number of hydrogen-bond acceptors (Lipinski definition) is 1. The average Bonchev–Trinajstić information content (AvgIpc) is 3.14. The van der Waals surface area contributed by atoms with Crippen molar-refractivity contribution in [1.29, 1.82) is 5.26 Å². The lowest BCUT2D eigenvalue weighted by Gasteiger charge is -2.19. The van der Waals surface area contributed by atoms with Crippen molar-refractivity contribution >= 4 is 49.0 Å². The molecule has 3 aromatic carbocycles. The van der Waals surface area contributed by atoms with Crippen LogP contribution in [0, 0.1) is 44.4 Å². The Morgan fingerprint density at radius 2 is 1.65 bits per heavy atom. The van der Waals surface area contributed by atoms with E-state index in [0.717, 1.165) is 6.42 Å². The Morgan fingerprint density at radius 3 is 2.38 bits per heavy atom. The second-order valence-corrected chi connectivity index (χ2v) is 10.8. The van der Waals surface area contributed by atoms with Gasteiger partial charge in [-0.05, 0) is 93.3 Å². The lowest BCUT2D eigenvalue weighted by atomic mass is 9.84. The SMILES string of the molecule is Cc1cc(C)c2c(c1C)c1c3c(cc[n+]1C)cc(CC(C)(C)C#N)c1c4c(C)cccc4n2c13. The van der Waals surface area contributed by atoms with Gasteiger partial charge in [0.2, 0.25) is 5.52 Å². The zero-order valence-electron chi connectivity index (χ0n) is 21.1. The van der Waals surface area contributed by atoms with Crippen molar-refractivity contribution in [1.82, 2.24) is 4.40 Å². The summed E-state index contributed by atoms with van der Waals surface area (Å²) in [4.78, 5) is 0. The fraction of sp³-hybridized carbons (Fsp3) is 0.290. The van der Waals surface area contributed by atoms with E-state index in [9.17, 15) is 5.26 Å². The number of nitriles is 1. The van der Waals surface area contributed by atoms with E-state index in [1.165, 1.54) is 76.8 Å². The molecule has 3 nitrogen and oxygen atoms in total. The average molecular weight is 445 g/mol. The normalized spacial score (nSPS) is 12.6. The summed E-state index contributed by atoms with van der Waals surface area (Å²) in [6.45, 7) is 13.0. The Balaban J connectivity index is 2.05. The summed E-state index contributed by atoms with van der Waals surface area (Å²) < 4.78 is 4.81. The van der Waals surface area contributed by atoms with E-state index in [-0.39, 0.29) is 0 Å². The maximum absolute atomic E-state index is 9.87. The number of hydrogen-bond donors (Lipinski definition) is 0. The molecular weight excluding hydrogens is 414 g/mol. The molecule has 34 heavy (non-hydrogen) atoms. The quantitative estimate of drug-likeness (QED) is 0.159. The maximum Gasteiger partial charge on any atom is 0.224 e. The molecule has 0 amide bonds. The predicted octanol–water partition coefficient (Wildman–Crippen LogP) is 7.14. The largest absolute Gasteiger partial charge is 0.307 e. The van der Waals surface area contributed by atoms with Crippen molar-refractivity contribution in [2.45, 2.75) is 48.0 Å². The van der Waals surface area contributed by atoms with E-state index in [4.69, 9.17) is 0 Å². The molecule has 6 rings (SSSR count). The van der Waals surface area contributed by atoms with Crippen molar-refractivity contribution < 1.29 is 4.57 Å². The topological polar surface area (TPSA) is 32.1 Å². The van der Waals surface area contributed by atoms with Gasteiger partial charge in [-0.1, -0.05) is 18.2 Å². The fourth-order valence-corrected chi connectivity index (χ4v) is 6.20. The molecule has 0 spiro atoms. The van der Waals surface area contributed by atoms with Gasteiger partial charge in [-0.25, -0.2) is 4.57 Å². The molecule has 0 unspecified atom stereocenters. The summed E-state index contributed by atoms with van der Waals surface area (Å²) in [5, 5.41) is 16.4. The van der Waals surface area contributed by atoms with Crippen LogP contribution >= 0.6 is 0 Å². The first-order valence-electron chi connectivity index (χ1n) is 12.1. The van der Waals surface area contributed by atoms with Crippen molar-refractivity contribution in [2.75, 3.05) is 0 Å². The minimum absolute atomic E-state index is 0.439. The van der Waals surface area contributed by atoms with Gasteiger partial charge in [-0.2, -0.15) is 5.26 Å². The van der Waals surface area contributed by atoms with Crippen molar-refractivity contribution in [3.63, 3.8) is 0 Å². The number of benzene rings is 3. The number of fused-ring (bicyclic) bond motifs is 6. The summed E-state index contributed by atoms with van der Waals surface area (Å²) in [5.41, 5.74) is 11.2. The van der Waals surface area contributed by atoms with E-state index in [2.05, 4.69) is 92.4 Å². The number of pyridine rings is 2. The number of nitrogens with zero attached hydrogens (tertiary/aromatic N) is 3. The highest BCUT2D eigenvalue weighted by Crippen LogP contribution is 2.45. The lowest BCUT2D eigenvalue weighted by molar-refractivity contribution is -0.643. The maximum atomic E-state index is 9.87. The zero-order valence-corrected chi connectivity index (χ0v) is 21.1. The summed E-state index contributed by atoms with van der Waals surface area (Å²) in [6, 6.07) is 16.1. The molecule has 0 atom stereocenters. The van der Waals surface area contributed by atoms with Crippen LogP contribution in [0.5, 0.6) is 0 Å². The second-order valence-electron chi connectivity index (χ2n) is 10.8. The van der Waals surface area contributed by atoms with Crippen LogP contribution in [0.3, 0.4) is 0 Å². The van der Waals surface area contributed by atoms with Gasteiger partial charge in [-0.15, -0.1) is 0 Å². The van der Waals surface area contributed by atoms with E-state index >= 15 is 0 Å². The third kappa shape index (κ3) is 2.54. The van der Waals surface area contributed by atoms with Gasteiger partial charge in [0.1, 0.15) is 7.05 Å². The van der Waals surface area contributed by atoms with Gasteiger partial charge < -0.3 is 4.40 Å². The minimum Gasteiger partial charge on any atom is -0.307 e. The first-order valence-corrected chi connectivity index (χ1v) is 12.1. The summed E-state index contributed by atoms with van der Waals surface area (Å²) in [6.07, 6.45) is 2.91. The second kappa shape index (κ2) is 6.70. The van der Waals surface area contributed by atoms with E-state index < -0.39 is 5.41 Å². The molecule has 0 aliphatic carbocycles. The molecule has 0 radical (unpaired) electrons. The van der Waals surface area contributed by atoms with Crippen LogP contribution in [0.2, 0.25) is 0 Å². The Kier molecular flexibility index (Phi) is 4.13. The third-order valence-corrected chi connectivity index (χ3v) is 7.85. The molecule has 0 aliphatic rings. The lowest BCUT2D eigenvalue weighted by Crippen LogP contribution is -2.29. The molecule has 0 fully saturated rings. The van der Waals surface area contributed by atoms with E-state index in [1.54, 1.807) is 0 Å². The summed E-state index contributed by atoms with van der Waals surface area (Å²) in [7, 11) is 2.16. The van der Waals surface area contributed by atoms with Crippen LogP contribution in [0.25, 0.3) is 49.0 Å². The summed E-state index contributed by atoms with van der Waals surface area (Å²) >= 11 is 0. The van der Waals surface area contributed by atoms with Crippen molar-refractivity contribution in [3.05, 3.63) is 70.4 Å². The molecule has 0 N–H and O–H groups in total. The molecule has 6 aromatic rings. The van der Waals surface area contributed by atoms with E-state index in [0.29, 0.717) is 0 Å². The van der Waals surface area contributed by atoms with Gasteiger partial charge in [0.25, 0.3) is 0 Å². The van der Waals surface area contributed by atoms with Gasteiger partial charge in [0, 0.05) is 16.8 Å². The van der Waals surface area contributed by atoms with Crippen LogP contribution in [0.4, 0.5) is 0 Å². The zero-order chi connectivity index (χ0) is 24.1. The Hall–Kier alpha value is -3.64. The molecule has 0 bridgehead atoms. The molecule has 3 heterocycles. The highest BCUT2D eigenvalue weighted by atomic mass is 15.0. The molecule has 0 aliphatic heterocycles. The number of rotatable bonds is 2. The van der Waals surface area contributed by atoms with Crippen LogP contribution < -0.4 is 4.57 Å². The monoisotopic (exact) mass is 444 g/mol. The molecule has 3 aromatic heterocycles. The molecule has 3 heteroatoms. The van der Waals surface area contributed by atoms with Crippen LogP contribution in [0.1, 0.15) is 41.7 Å². The standard InChI is InChI=1S/C31H30N3/c1-17-9-8-10-23-24(17)26-22(15-31(5,6)16-32)14-21-11-12-33(7)29-25-20(4)18(2)13-19(3)28(25)34(23)30(26)27(21)29/h8-14H,15H2,1-7H3/q+1. The van der Waals surface area contributed by atoms with Gasteiger partial charge in [0.15, 0.2) is 6.20 Å². The highest BCUT2D eigenvalue weighted by molar-refractivity contribution is 6.28. The molecule has 168 valence electrons. The smallest absolute Gasteiger partial charge is 0.224 e. The van der Waals surface area contributed by atoms with Crippen molar-refractivity contribution in [2.24, 2.45) is 12.5 Å². The predicted molar refractivity (Wildman–Crippen MR) is 142 cm³/mol. The van der Waals surface area contributed by atoms with Gasteiger partial charge in [0.05, 0.1) is 38.8 Å². The third-order valence-electron chi connectivity index (χ3n) is 7.85. The van der Waals surface area contributed by atoms with Crippen LogP contribution in [-0.2, 0) is 13.5 Å². The number of aromatic nitrogens is 2. The molecule has 0 saturated carbocycles. The fourth-order valence-electron chi connectivity index (χ4n) is 6.20.